The highest BCUT2D eigenvalue weighted by Gasteiger charge is 2.20. The molecule has 2 heteroatoms. The maximum atomic E-state index is 3.91. The first-order chi connectivity index (χ1) is 9.97. The van der Waals surface area contributed by atoms with Crippen LogP contribution in [0.5, 0.6) is 0 Å². The SMILES string of the molecule is CC(C)(C)c1ccc(C(Br)c2cccc3ccccc23)s1. The number of hydrogen-bond donors (Lipinski definition) is 0. The Hall–Kier alpha value is -1.12. The molecule has 3 rings (SSSR count). The van der Waals surface area contributed by atoms with Crippen molar-refractivity contribution in [3.8, 4) is 0 Å². The summed E-state index contributed by atoms with van der Waals surface area (Å²) >= 11 is 5.81. The minimum absolute atomic E-state index is 0.217. The number of alkyl halides is 1. The first-order valence-corrected chi connectivity index (χ1v) is 8.92. The summed E-state index contributed by atoms with van der Waals surface area (Å²) in [7, 11) is 0. The highest BCUT2D eigenvalue weighted by molar-refractivity contribution is 9.09. The maximum Gasteiger partial charge on any atom is 0.0744 e. The van der Waals surface area contributed by atoms with Gasteiger partial charge in [0.25, 0.3) is 0 Å². The van der Waals surface area contributed by atoms with Crippen LogP contribution in [0.3, 0.4) is 0 Å². The Bertz CT molecular complexity index is 759. The molecule has 0 saturated heterocycles. The van der Waals surface area contributed by atoms with E-state index in [9.17, 15) is 0 Å². The molecule has 0 saturated carbocycles. The molecule has 0 aliphatic rings. The van der Waals surface area contributed by atoms with Crippen molar-refractivity contribution in [1.29, 1.82) is 0 Å². The van der Waals surface area contributed by atoms with Gasteiger partial charge in [0, 0.05) is 9.75 Å². The number of benzene rings is 2. The minimum atomic E-state index is 0.217. The van der Waals surface area contributed by atoms with E-state index in [-0.39, 0.29) is 10.2 Å². The smallest absolute Gasteiger partial charge is 0.0744 e. The van der Waals surface area contributed by atoms with E-state index in [4.69, 9.17) is 0 Å². The molecule has 3 aromatic rings. The largest absolute Gasteiger partial charge is 0.143 e. The summed E-state index contributed by atoms with van der Waals surface area (Å²) in [6.45, 7) is 6.80. The lowest BCUT2D eigenvalue weighted by Crippen LogP contribution is -2.07. The van der Waals surface area contributed by atoms with Gasteiger partial charge in [0.2, 0.25) is 0 Å². The molecule has 0 fully saturated rings. The zero-order valence-electron chi connectivity index (χ0n) is 12.6. The van der Waals surface area contributed by atoms with Gasteiger partial charge in [0.1, 0.15) is 0 Å². The van der Waals surface area contributed by atoms with Crippen LogP contribution in [0.1, 0.15) is 40.9 Å². The van der Waals surface area contributed by atoms with E-state index in [0.717, 1.165) is 0 Å². The molecular formula is C19H19BrS. The van der Waals surface area contributed by atoms with Crippen molar-refractivity contribution in [1.82, 2.24) is 0 Å². The summed E-state index contributed by atoms with van der Waals surface area (Å²) < 4.78 is 0. The van der Waals surface area contributed by atoms with Crippen LogP contribution in [0, 0.1) is 0 Å². The average molecular weight is 359 g/mol. The number of fused-ring (bicyclic) bond motifs is 1. The quantitative estimate of drug-likeness (QED) is 0.448. The second kappa shape index (κ2) is 5.58. The molecule has 1 atom stereocenters. The Morgan fingerprint density at radius 1 is 0.905 bits per heavy atom. The third-order valence-corrected chi connectivity index (χ3v) is 6.58. The second-order valence-electron chi connectivity index (χ2n) is 6.38. The Morgan fingerprint density at radius 3 is 2.33 bits per heavy atom. The third kappa shape index (κ3) is 2.93. The molecule has 0 N–H and O–H groups in total. The molecule has 1 aromatic heterocycles. The highest BCUT2D eigenvalue weighted by atomic mass is 79.9. The standard InChI is InChI=1S/C19H19BrS/c1-19(2,3)17-12-11-16(21-17)18(20)15-10-6-8-13-7-4-5-9-14(13)15/h4-12,18H,1-3H3. The van der Waals surface area contributed by atoms with Crippen molar-refractivity contribution in [3.05, 3.63) is 69.9 Å². The van der Waals surface area contributed by atoms with Crippen molar-refractivity contribution < 1.29 is 0 Å². The average Bonchev–Trinajstić information content (AvgIpc) is 2.96. The molecule has 0 amide bonds. The number of rotatable bonds is 2. The molecule has 1 heterocycles. The summed E-state index contributed by atoms with van der Waals surface area (Å²) in [5, 5.41) is 2.62. The predicted molar refractivity (Wildman–Crippen MR) is 97.7 cm³/mol. The summed E-state index contributed by atoms with van der Waals surface area (Å²) in [5.41, 5.74) is 1.56. The fourth-order valence-corrected chi connectivity index (χ4v) is 4.41. The van der Waals surface area contributed by atoms with E-state index in [2.05, 4.69) is 91.3 Å². The van der Waals surface area contributed by atoms with Gasteiger partial charge >= 0.3 is 0 Å². The van der Waals surface area contributed by atoms with Crippen molar-refractivity contribution in [2.75, 3.05) is 0 Å². The van der Waals surface area contributed by atoms with Gasteiger partial charge < -0.3 is 0 Å². The predicted octanol–water partition coefficient (Wildman–Crippen LogP) is 6.68. The van der Waals surface area contributed by atoms with Crippen LogP contribution in [-0.4, -0.2) is 0 Å². The molecule has 21 heavy (non-hydrogen) atoms. The molecule has 0 nitrogen and oxygen atoms in total. The second-order valence-corrected chi connectivity index (χ2v) is 8.41. The molecule has 0 aliphatic carbocycles. The van der Waals surface area contributed by atoms with E-state index >= 15 is 0 Å². The normalized spacial score (nSPS) is 13.5. The maximum absolute atomic E-state index is 3.91. The lowest BCUT2D eigenvalue weighted by atomic mass is 9.95. The van der Waals surface area contributed by atoms with Crippen molar-refractivity contribution in [3.63, 3.8) is 0 Å². The molecule has 0 aliphatic heterocycles. The van der Waals surface area contributed by atoms with E-state index < -0.39 is 0 Å². The molecule has 0 spiro atoms. The van der Waals surface area contributed by atoms with Crippen LogP contribution >= 0.6 is 27.3 Å². The van der Waals surface area contributed by atoms with Gasteiger partial charge in [-0.25, -0.2) is 0 Å². The molecular weight excluding hydrogens is 340 g/mol. The van der Waals surface area contributed by atoms with Gasteiger partial charge in [0.05, 0.1) is 4.83 Å². The lowest BCUT2D eigenvalue weighted by molar-refractivity contribution is 0.604. The molecule has 0 bridgehead atoms. The van der Waals surface area contributed by atoms with E-state index in [1.807, 2.05) is 11.3 Å². The first-order valence-electron chi connectivity index (χ1n) is 7.19. The third-order valence-electron chi connectivity index (χ3n) is 3.71. The lowest BCUT2D eigenvalue weighted by Gasteiger charge is -2.16. The van der Waals surface area contributed by atoms with Gasteiger partial charge in [-0.3, -0.25) is 0 Å². The fourth-order valence-electron chi connectivity index (χ4n) is 2.52. The zero-order chi connectivity index (χ0) is 15.0. The molecule has 108 valence electrons. The Balaban J connectivity index is 2.05. The summed E-state index contributed by atoms with van der Waals surface area (Å²) in [4.78, 5) is 3.06. The van der Waals surface area contributed by atoms with Gasteiger partial charge in [-0.2, -0.15) is 0 Å². The van der Waals surface area contributed by atoms with Crippen molar-refractivity contribution >= 4 is 38.0 Å². The summed E-state index contributed by atoms with van der Waals surface area (Å²) in [5.74, 6) is 0. The van der Waals surface area contributed by atoms with E-state index in [1.165, 1.54) is 26.1 Å². The van der Waals surface area contributed by atoms with Crippen LogP contribution in [0.25, 0.3) is 10.8 Å². The topological polar surface area (TPSA) is 0 Å². The Morgan fingerprint density at radius 2 is 1.62 bits per heavy atom. The van der Waals surface area contributed by atoms with Gasteiger partial charge in [-0.15, -0.1) is 11.3 Å². The van der Waals surface area contributed by atoms with Gasteiger partial charge in [-0.1, -0.05) is 79.2 Å². The van der Waals surface area contributed by atoms with E-state index in [1.54, 1.807) is 0 Å². The Kier molecular flexibility index (Phi) is 3.94. The first kappa shape index (κ1) is 14.8. The van der Waals surface area contributed by atoms with Crippen molar-refractivity contribution in [2.45, 2.75) is 31.0 Å². The van der Waals surface area contributed by atoms with Crippen LogP contribution in [0.2, 0.25) is 0 Å². The number of thiophene rings is 1. The van der Waals surface area contributed by atoms with Crippen LogP contribution in [-0.2, 0) is 5.41 Å². The van der Waals surface area contributed by atoms with E-state index in [0.29, 0.717) is 0 Å². The fraction of sp³-hybridized carbons (Fsp3) is 0.263. The molecule has 0 radical (unpaired) electrons. The molecule has 1 unspecified atom stereocenters. The van der Waals surface area contributed by atoms with Crippen LogP contribution < -0.4 is 0 Å². The van der Waals surface area contributed by atoms with Crippen LogP contribution in [0.15, 0.2) is 54.6 Å². The summed E-state index contributed by atoms with van der Waals surface area (Å²) in [6, 6.07) is 19.6. The van der Waals surface area contributed by atoms with Crippen molar-refractivity contribution in [2.24, 2.45) is 0 Å². The van der Waals surface area contributed by atoms with Gasteiger partial charge in [-0.05, 0) is 33.9 Å². The van der Waals surface area contributed by atoms with Crippen LogP contribution in [0.4, 0.5) is 0 Å². The zero-order valence-corrected chi connectivity index (χ0v) is 15.0. The monoisotopic (exact) mass is 358 g/mol. The van der Waals surface area contributed by atoms with Gasteiger partial charge in [0.15, 0.2) is 0 Å². The minimum Gasteiger partial charge on any atom is -0.143 e. The highest BCUT2D eigenvalue weighted by Crippen LogP contribution is 2.40. The number of hydrogen-bond acceptors (Lipinski definition) is 1. The Labute approximate surface area is 139 Å². The molecule has 2 aromatic carbocycles. The number of halogens is 1. The summed E-state index contributed by atoms with van der Waals surface area (Å²) in [6.07, 6.45) is 0.